The zero-order chi connectivity index (χ0) is 15.4. The normalized spacial score (nSPS) is 10.2. The van der Waals surface area contributed by atoms with Gasteiger partial charge in [0.05, 0.1) is 18.5 Å². The number of hydrogen-bond acceptors (Lipinski definition) is 3. The number of nitrogens with one attached hydrogen (secondary N) is 2. The maximum atomic E-state index is 12.3. The summed E-state index contributed by atoms with van der Waals surface area (Å²) in [4.78, 5) is 12.3. The van der Waals surface area contributed by atoms with Crippen molar-refractivity contribution in [2.75, 3.05) is 12.4 Å². The summed E-state index contributed by atoms with van der Waals surface area (Å²) in [5.41, 5.74) is 2.69. The number of carbonyl (C=O) groups is 1. The first-order valence-corrected chi connectivity index (χ1v) is 6.83. The van der Waals surface area contributed by atoms with Crippen molar-refractivity contribution in [3.63, 3.8) is 0 Å². The van der Waals surface area contributed by atoms with E-state index in [0.717, 1.165) is 11.3 Å². The fourth-order valence-corrected chi connectivity index (χ4v) is 2.13. The van der Waals surface area contributed by atoms with Crippen LogP contribution in [0.1, 0.15) is 10.5 Å². The largest absolute Gasteiger partial charge is 0.495 e. The van der Waals surface area contributed by atoms with Gasteiger partial charge in [0.15, 0.2) is 0 Å². The highest BCUT2D eigenvalue weighted by Gasteiger charge is 2.13. The van der Waals surface area contributed by atoms with Gasteiger partial charge in [-0.25, -0.2) is 0 Å². The molecule has 0 fully saturated rings. The van der Waals surface area contributed by atoms with Crippen molar-refractivity contribution < 1.29 is 9.53 Å². The molecule has 0 saturated heterocycles. The van der Waals surface area contributed by atoms with E-state index in [1.165, 1.54) is 0 Å². The number of nitrogens with zero attached hydrogens (tertiary/aromatic N) is 1. The highest BCUT2D eigenvalue weighted by atomic mass is 16.5. The summed E-state index contributed by atoms with van der Waals surface area (Å²) in [6.45, 7) is 0. The van der Waals surface area contributed by atoms with Crippen molar-refractivity contribution in [3.05, 3.63) is 66.4 Å². The van der Waals surface area contributed by atoms with Crippen molar-refractivity contribution in [1.82, 2.24) is 10.2 Å². The highest BCUT2D eigenvalue weighted by Crippen LogP contribution is 2.24. The zero-order valence-electron chi connectivity index (χ0n) is 12.0. The van der Waals surface area contributed by atoms with Crippen LogP contribution < -0.4 is 10.1 Å². The molecule has 22 heavy (non-hydrogen) atoms. The fourth-order valence-electron chi connectivity index (χ4n) is 2.13. The predicted molar refractivity (Wildman–Crippen MR) is 85.0 cm³/mol. The lowest BCUT2D eigenvalue weighted by Crippen LogP contribution is -2.13. The van der Waals surface area contributed by atoms with Crippen LogP contribution in [0.3, 0.4) is 0 Å². The quantitative estimate of drug-likeness (QED) is 0.775. The molecule has 5 nitrogen and oxygen atoms in total. The third-order valence-electron chi connectivity index (χ3n) is 3.25. The smallest absolute Gasteiger partial charge is 0.273 e. The number of H-pyrrole nitrogens is 1. The van der Waals surface area contributed by atoms with Crippen LogP contribution >= 0.6 is 0 Å². The van der Waals surface area contributed by atoms with E-state index in [1.807, 2.05) is 42.5 Å². The van der Waals surface area contributed by atoms with Crippen molar-refractivity contribution in [3.8, 4) is 17.0 Å². The first-order chi connectivity index (χ1) is 10.8. The molecule has 2 N–H and O–H groups in total. The lowest BCUT2D eigenvalue weighted by molar-refractivity contribution is 0.102. The Balaban J connectivity index is 1.80. The van der Waals surface area contributed by atoms with Gasteiger partial charge in [0, 0.05) is 5.56 Å². The van der Waals surface area contributed by atoms with Gasteiger partial charge in [0.25, 0.3) is 5.91 Å². The summed E-state index contributed by atoms with van der Waals surface area (Å²) in [6, 6.07) is 18.7. The molecule has 1 aromatic heterocycles. The number of hydrogen-bond donors (Lipinski definition) is 2. The molecule has 0 atom stereocenters. The van der Waals surface area contributed by atoms with E-state index < -0.39 is 0 Å². The predicted octanol–water partition coefficient (Wildman–Crippen LogP) is 3.34. The number of aromatic amines is 1. The van der Waals surface area contributed by atoms with E-state index in [2.05, 4.69) is 15.5 Å². The van der Waals surface area contributed by atoms with E-state index >= 15 is 0 Å². The number of carbonyl (C=O) groups excluding carboxylic acids is 1. The Morgan fingerprint density at radius 2 is 1.82 bits per heavy atom. The third kappa shape index (κ3) is 2.83. The summed E-state index contributed by atoms with van der Waals surface area (Å²) in [5, 5.41) is 9.74. The summed E-state index contributed by atoms with van der Waals surface area (Å²) >= 11 is 0. The molecular weight excluding hydrogens is 278 g/mol. The van der Waals surface area contributed by atoms with Crippen LogP contribution in [0.15, 0.2) is 60.7 Å². The molecule has 0 radical (unpaired) electrons. The molecule has 0 unspecified atom stereocenters. The summed E-state index contributed by atoms with van der Waals surface area (Å²) < 4.78 is 5.22. The van der Waals surface area contributed by atoms with Crippen molar-refractivity contribution in [2.24, 2.45) is 0 Å². The molecule has 1 amide bonds. The SMILES string of the molecule is COc1ccccc1NC(=O)c1cc(-c2ccccc2)n[nH]1. The Morgan fingerprint density at radius 3 is 2.59 bits per heavy atom. The van der Waals surface area contributed by atoms with Gasteiger partial charge in [0.2, 0.25) is 0 Å². The molecule has 0 spiro atoms. The number of para-hydroxylation sites is 2. The van der Waals surface area contributed by atoms with Crippen molar-refractivity contribution in [1.29, 1.82) is 0 Å². The molecule has 3 rings (SSSR count). The number of aromatic nitrogens is 2. The van der Waals surface area contributed by atoms with Crippen molar-refractivity contribution >= 4 is 11.6 Å². The third-order valence-corrected chi connectivity index (χ3v) is 3.25. The maximum absolute atomic E-state index is 12.3. The van der Waals surface area contributed by atoms with Crippen LogP contribution in [0.4, 0.5) is 5.69 Å². The van der Waals surface area contributed by atoms with E-state index in [4.69, 9.17) is 4.74 Å². The number of ether oxygens (including phenoxy) is 1. The van der Waals surface area contributed by atoms with Gasteiger partial charge >= 0.3 is 0 Å². The Morgan fingerprint density at radius 1 is 1.09 bits per heavy atom. The molecule has 0 aliphatic heterocycles. The van der Waals surface area contributed by atoms with Crippen molar-refractivity contribution in [2.45, 2.75) is 0 Å². The van der Waals surface area contributed by atoms with E-state index in [0.29, 0.717) is 17.1 Å². The zero-order valence-corrected chi connectivity index (χ0v) is 12.0. The maximum Gasteiger partial charge on any atom is 0.273 e. The van der Waals surface area contributed by atoms with Crippen LogP contribution in [-0.4, -0.2) is 23.2 Å². The first-order valence-electron chi connectivity index (χ1n) is 6.83. The average Bonchev–Trinajstić information content (AvgIpc) is 3.06. The molecule has 110 valence electrons. The first kappa shape index (κ1) is 13.9. The number of anilines is 1. The minimum absolute atomic E-state index is 0.265. The lowest BCUT2D eigenvalue weighted by Gasteiger charge is -2.08. The van der Waals surface area contributed by atoms with E-state index in [-0.39, 0.29) is 5.91 Å². The summed E-state index contributed by atoms with van der Waals surface area (Å²) in [7, 11) is 1.56. The van der Waals surface area contributed by atoms with Crippen LogP contribution in [0, 0.1) is 0 Å². The molecule has 0 aliphatic rings. The average molecular weight is 293 g/mol. The number of benzene rings is 2. The Hall–Kier alpha value is -3.08. The van der Waals surface area contributed by atoms with Crippen LogP contribution in [-0.2, 0) is 0 Å². The monoisotopic (exact) mass is 293 g/mol. The van der Waals surface area contributed by atoms with Gasteiger partial charge in [-0.3, -0.25) is 9.89 Å². The second-order valence-corrected chi connectivity index (χ2v) is 4.69. The minimum Gasteiger partial charge on any atom is -0.495 e. The summed E-state index contributed by atoms with van der Waals surface area (Å²) in [5.74, 6) is 0.345. The Kier molecular flexibility index (Phi) is 3.87. The van der Waals surface area contributed by atoms with Gasteiger partial charge < -0.3 is 10.1 Å². The Labute approximate surface area is 127 Å². The summed E-state index contributed by atoms with van der Waals surface area (Å²) in [6.07, 6.45) is 0. The van der Waals surface area contributed by atoms with Gasteiger partial charge in [0.1, 0.15) is 11.4 Å². The number of amides is 1. The van der Waals surface area contributed by atoms with E-state index in [9.17, 15) is 4.79 Å². The van der Waals surface area contributed by atoms with Crippen LogP contribution in [0.25, 0.3) is 11.3 Å². The van der Waals surface area contributed by atoms with Gasteiger partial charge in [-0.05, 0) is 18.2 Å². The topological polar surface area (TPSA) is 67.0 Å². The van der Waals surface area contributed by atoms with Gasteiger partial charge in [-0.1, -0.05) is 42.5 Å². The molecule has 2 aromatic carbocycles. The standard InChI is InChI=1S/C17H15N3O2/c1-22-16-10-6-5-9-13(16)18-17(21)15-11-14(19-20-15)12-7-3-2-4-8-12/h2-11H,1H3,(H,18,21)(H,19,20). The second kappa shape index (κ2) is 6.13. The molecule has 5 heteroatoms. The number of rotatable bonds is 4. The molecule has 1 heterocycles. The van der Waals surface area contributed by atoms with Crippen LogP contribution in [0.5, 0.6) is 5.75 Å². The minimum atomic E-state index is -0.265. The van der Waals surface area contributed by atoms with Gasteiger partial charge in [-0.2, -0.15) is 5.10 Å². The molecule has 0 bridgehead atoms. The van der Waals surface area contributed by atoms with E-state index in [1.54, 1.807) is 25.3 Å². The van der Waals surface area contributed by atoms with Gasteiger partial charge in [-0.15, -0.1) is 0 Å². The fraction of sp³-hybridized carbons (Fsp3) is 0.0588. The highest BCUT2D eigenvalue weighted by molar-refractivity contribution is 6.04. The molecule has 0 aliphatic carbocycles. The second-order valence-electron chi connectivity index (χ2n) is 4.69. The van der Waals surface area contributed by atoms with Crippen LogP contribution in [0.2, 0.25) is 0 Å². The number of methoxy groups -OCH3 is 1. The molecule has 0 saturated carbocycles. The lowest BCUT2D eigenvalue weighted by atomic mass is 10.1. The molecule has 3 aromatic rings. The molecular formula is C17H15N3O2. The Bertz CT molecular complexity index is 781.